The molecular weight excluding hydrogens is 931 g/mol. The molecule has 0 spiro atoms. The minimum absolute atomic E-state index is 0. The zero-order valence-electron chi connectivity index (χ0n) is 32.6. The number of aromatic nitrogens is 7. The van der Waals surface area contributed by atoms with E-state index in [9.17, 15) is 51.9 Å². The fraction of sp³-hybridized carbons (Fsp3) is 0. The van der Waals surface area contributed by atoms with Crippen LogP contribution in [0.25, 0.3) is 67.9 Å². The summed E-state index contributed by atoms with van der Waals surface area (Å²) >= 11 is 0. The maximum atomic E-state index is 11.6. The predicted molar refractivity (Wildman–Crippen MR) is 195 cm³/mol. The Morgan fingerprint density at radius 2 is 0.629 bits per heavy atom. The number of hydrogen-bond acceptors (Lipinski definition) is 19. The molecule has 0 unspecified atom stereocenters. The van der Waals surface area contributed by atoms with Gasteiger partial charge in [0.2, 0.25) is 5.82 Å². The van der Waals surface area contributed by atoms with E-state index in [0.717, 1.165) is 48.5 Å². The average Bonchev–Trinajstić information content (AvgIpc) is 3.19. The van der Waals surface area contributed by atoms with Crippen molar-refractivity contribution in [3.05, 3.63) is 115 Å². The van der Waals surface area contributed by atoms with Crippen molar-refractivity contribution in [2.24, 2.45) is 0 Å². The fourth-order valence-corrected chi connectivity index (χ4v) is 7.36. The molecule has 7 rings (SSSR count). The Morgan fingerprint density at radius 1 is 0.339 bits per heavy atom. The molecule has 4 aromatic carbocycles. The van der Waals surface area contributed by atoms with Crippen LogP contribution in [0.15, 0.2) is 135 Å². The Kier molecular flexibility index (Phi) is 18.6. The Hall–Kier alpha value is -2.31. The molecule has 294 valence electrons. The summed E-state index contributed by atoms with van der Waals surface area (Å²) in [6.45, 7) is 0. The molecule has 0 aliphatic rings. The Morgan fingerprint density at radius 3 is 0.952 bits per heavy atom. The Balaban J connectivity index is 0.00000256. The maximum Gasteiger partial charge on any atom is 1.00 e. The fourth-order valence-electron chi connectivity index (χ4n) is 5.48. The first-order valence-corrected chi connectivity index (χ1v) is 21.6. The molecule has 0 aliphatic carbocycles. The van der Waals surface area contributed by atoms with E-state index < -0.39 is 60.1 Å². The molecule has 62 heavy (non-hydrogen) atoms. The van der Waals surface area contributed by atoms with Crippen LogP contribution in [0, 0.1) is 0 Å². The molecular formula is C35H19N7Na4O12S4. The van der Waals surface area contributed by atoms with Crippen molar-refractivity contribution in [3.63, 3.8) is 0 Å². The Labute approximate surface area is 442 Å². The molecule has 0 radical (unpaired) electrons. The topological polar surface area (TPSA) is 319 Å². The van der Waals surface area contributed by atoms with Gasteiger partial charge in [0.15, 0.2) is 5.82 Å². The summed E-state index contributed by atoms with van der Waals surface area (Å²) < 4.78 is 139. The molecule has 0 aliphatic heterocycles. The summed E-state index contributed by atoms with van der Waals surface area (Å²) in [6, 6.07) is 22.0. The second-order valence-corrected chi connectivity index (χ2v) is 17.5. The van der Waals surface area contributed by atoms with Gasteiger partial charge in [-0.05, 0) is 60.7 Å². The van der Waals surface area contributed by atoms with Crippen LogP contribution >= 0.6 is 0 Å². The van der Waals surface area contributed by atoms with E-state index in [1.165, 1.54) is 66.9 Å². The molecule has 0 saturated heterocycles. The van der Waals surface area contributed by atoms with Crippen LogP contribution in [0.3, 0.4) is 0 Å². The molecule has 19 nitrogen and oxygen atoms in total. The molecule has 0 amide bonds. The van der Waals surface area contributed by atoms with Gasteiger partial charge in [-0.1, -0.05) is 48.5 Å². The first kappa shape index (κ1) is 54.0. The number of benzene rings is 4. The van der Waals surface area contributed by atoms with Gasteiger partial charge in [-0.2, -0.15) is 0 Å². The minimum atomic E-state index is -4.80. The van der Waals surface area contributed by atoms with E-state index in [1.807, 2.05) is 0 Å². The average molecular weight is 950 g/mol. The van der Waals surface area contributed by atoms with Gasteiger partial charge in [0, 0.05) is 34.0 Å². The SMILES string of the molecule is O=S(=O)([O-])c1ccc(-c2nnc(-c3ccnc(-c4nnc(-c5ccc(S(=O)(=O)[O-])cc5)c(-c5ccc(S(=O)(=O)[O-])cc5)n4)c3)nc2-c2ccc(S(=O)(=O)[O-])cc2)cc1.[Na+].[Na+].[Na+].[Na+]. The van der Waals surface area contributed by atoms with Crippen LogP contribution in [0.4, 0.5) is 0 Å². The zero-order chi connectivity index (χ0) is 41.6. The van der Waals surface area contributed by atoms with Gasteiger partial charge in [-0.15, -0.1) is 20.4 Å². The summed E-state index contributed by atoms with van der Waals surface area (Å²) in [6.07, 6.45) is 1.37. The van der Waals surface area contributed by atoms with Crippen molar-refractivity contribution in [2.75, 3.05) is 0 Å². The molecule has 0 N–H and O–H groups in total. The van der Waals surface area contributed by atoms with Gasteiger partial charge < -0.3 is 18.2 Å². The van der Waals surface area contributed by atoms with Crippen LogP contribution in [0.5, 0.6) is 0 Å². The van der Waals surface area contributed by atoms with Crippen molar-refractivity contribution < 1.29 is 170 Å². The zero-order valence-corrected chi connectivity index (χ0v) is 43.9. The van der Waals surface area contributed by atoms with Crippen molar-refractivity contribution in [3.8, 4) is 67.9 Å². The summed E-state index contributed by atoms with van der Waals surface area (Å²) in [4.78, 5) is 11.6. The minimum Gasteiger partial charge on any atom is -0.744 e. The first-order valence-electron chi connectivity index (χ1n) is 16.0. The molecule has 0 bridgehead atoms. The smallest absolute Gasteiger partial charge is 0.744 e. The number of rotatable bonds is 10. The standard InChI is InChI=1S/C35H23N7O12S4.4Na/c43-55(44,45)25-9-1-20(2-10-25)30-32(22-5-13-27(14-6-22)57(49,50)51)39-41-34(37-30)24-17-18-36-29(19-24)35-38-31(21-3-11-26(12-4-21)56(46,47)48)33(40-42-35)23-7-15-28(16-8-23)58(52,53)54;;;;/h1-19H,(H,43,44,45)(H,46,47,48)(H,49,50,51)(H,52,53,54);;;;/q;4*+1/p-4. The van der Waals surface area contributed by atoms with E-state index in [-0.39, 0.29) is 181 Å². The molecule has 0 fully saturated rings. The predicted octanol–water partition coefficient (Wildman–Crippen LogP) is -8.91. The first-order chi connectivity index (χ1) is 27.3. The van der Waals surface area contributed by atoms with Crippen molar-refractivity contribution in [1.29, 1.82) is 0 Å². The van der Waals surface area contributed by atoms with Gasteiger partial charge in [0.25, 0.3) is 0 Å². The van der Waals surface area contributed by atoms with Gasteiger partial charge in [0.05, 0.1) is 19.6 Å². The molecule has 27 heteroatoms. The molecule has 0 saturated carbocycles. The van der Waals surface area contributed by atoms with Gasteiger partial charge in [-0.3, -0.25) is 4.98 Å². The third-order valence-electron chi connectivity index (χ3n) is 8.29. The maximum absolute atomic E-state index is 11.6. The van der Waals surface area contributed by atoms with E-state index >= 15 is 0 Å². The molecule has 3 heterocycles. The third kappa shape index (κ3) is 12.5. The van der Waals surface area contributed by atoms with Gasteiger partial charge in [-0.25, -0.2) is 43.6 Å². The van der Waals surface area contributed by atoms with Crippen molar-refractivity contribution >= 4 is 40.5 Å². The number of nitrogens with zero attached hydrogens (tertiary/aromatic N) is 7. The number of pyridine rings is 1. The quantitative estimate of drug-likeness (QED) is 0.0908. The van der Waals surface area contributed by atoms with Gasteiger partial charge in [0.1, 0.15) is 68.9 Å². The van der Waals surface area contributed by atoms with Crippen molar-refractivity contribution in [1.82, 2.24) is 35.3 Å². The Bertz CT molecular complexity index is 3000. The largest absolute Gasteiger partial charge is 1.00 e. The van der Waals surface area contributed by atoms with Crippen LogP contribution in [-0.2, 0) is 40.5 Å². The summed E-state index contributed by atoms with van der Waals surface area (Å²) in [5.41, 5.74) is 1.87. The summed E-state index contributed by atoms with van der Waals surface area (Å²) in [7, 11) is -19.2. The molecule has 7 aromatic rings. The molecule has 3 aromatic heterocycles. The van der Waals surface area contributed by atoms with Crippen LogP contribution in [0.2, 0.25) is 0 Å². The molecule has 0 atom stereocenters. The van der Waals surface area contributed by atoms with E-state index in [0.29, 0.717) is 5.56 Å². The van der Waals surface area contributed by atoms with Gasteiger partial charge >= 0.3 is 118 Å². The summed E-state index contributed by atoms with van der Waals surface area (Å²) in [5, 5.41) is 17.0. The van der Waals surface area contributed by atoms with E-state index in [4.69, 9.17) is 0 Å². The van der Waals surface area contributed by atoms with Crippen LogP contribution < -0.4 is 118 Å². The van der Waals surface area contributed by atoms with Crippen molar-refractivity contribution in [2.45, 2.75) is 19.6 Å². The second-order valence-electron chi connectivity index (χ2n) is 12.0. The number of hydrogen-bond donors (Lipinski definition) is 0. The summed E-state index contributed by atoms with van der Waals surface area (Å²) in [5.74, 6) is -0.0817. The van der Waals surface area contributed by atoms with Crippen LogP contribution in [-0.4, -0.2) is 87.2 Å². The normalized spacial score (nSPS) is 11.5. The van der Waals surface area contributed by atoms with E-state index in [2.05, 4.69) is 35.3 Å². The third-order valence-corrected chi connectivity index (χ3v) is 11.7. The van der Waals surface area contributed by atoms with E-state index in [1.54, 1.807) is 0 Å². The second kappa shape index (κ2) is 21.3. The monoisotopic (exact) mass is 949 g/mol. The van der Waals surface area contributed by atoms with Crippen LogP contribution in [0.1, 0.15) is 0 Å².